The van der Waals surface area contributed by atoms with E-state index in [1.165, 1.54) is 49.9 Å². The van der Waals surface area contributed by atoms with Crippen LogP contribution in [0.5, 0.6) is 5.75 Å². The first kappa shape index (κ1) is 12.9. The van der Waals surface area contributed by atoms with Crippen LogP contribution in [0.25, 0.3) is 0 Å². The van der Waals surface area contributed by atoms with Crippen LogP contribution in [0.1, 0.15) is 36.4 Å². The Kier molecular flexibility index (Phi) is 3.76. The molecule has 1 fully saturated rings. The van der Waals surface area contributed by atoms with Crippen molar-refractivity contribution in [1.29, 1.82) is 0 Å². The summed E-state index contributed by atoms with van der Waals surface area (Å²) >= 11 is 0. The van der Waals surface area contributed by atoms with Gasteiger partial charge in [0.1, 0.15) is 5.75 Å². The van der Waals surface area contributed by atoms with Crippen molar-refractivity contribution in [3.05, 3.63) is 29.3 Å². The molecule has 0 aromatic heterocycles. The van der Waals surface area contributed by atoms with E-state index in [0.717, 1.165) is 5.75 Å². The van der Waals surface area contributed by atoms with Crippen LogP contribution in [0.4, 0.5) is 0 Å². The smallest absolute Gasteiger partial charge is 0.119 e. The highest BCUT2D eigenvalue weighted by atomic mass is 16.5. The Bertz CT molecular complexity index is 446. The number of rotatable bonds is 3. The molecule has 0 radical (unpaired) electrons. The number of ether oxygens (including phenoxy) is 1. The Morgan fingerprint density at radius 2 is 2.21 bits per heavy atom. The van der Waals surface area contributed by atoms with Gasteiger partial charge < -0.3 is 15.0 Å². The second kappa shape index (κ2) is 5.51. The number of nitrogens with zero attached hydrogens (tertiary/aromatic N) is 1. The molecule has 1 saturated heterocycles. The topological polar surface area (TPSA) is 24.5 Å². The minimum atomic E-state index is 0.515. The van der Waals surface area contributed by atoms with Gasteiger partial charge in [0.15, 0.2) is 0 Å². The van der Waals surface area contributed by atoms with E-state index in [4.69, 9.17) is 4.74 Å². The first-order chi connectivity index (χ1) is 9.26. The second-order valence-electron chi connectivity index (χ2n) is 5.92. The van der Waals surface area contributed by atoms with Crippen molar-refractivity contribution in [2.45, 2.75) is 37.8 Å². The molecular weight excluding hydrogens is 236 g/mol. The summed E-state index contributed by atoms with van der Waals surface area (Å²) in [6.07, 6.45) is 5.04. The van der Waals surface area contributed by atoms with E-state index in [9.17, 15) is 0 Å². The Morgan fingerprint density at radius 1 is 1.32 bits per heavy atom. The lowest BCUT2D eigenvalue weighted by molar-refractivity contribution is 0.216. The van der Waals surface area contributed by atoms with Crippen molar-refractivity contribution in [1.82, 2.24) is 10.2 Å². The zero-order valence-corrected chi connectivity index (χ0v) is 12.0. The van der Waals surface area contributed by atoms with E-state index in [1.807, 2.05) is 0 Å². The minimum Gasteiger partial charge on any atom is -0.497 e. The third kappa shape index (κ3) is 2.77. The van der Waals surface area contributed by atoms with Crippen LogP contribution in [-0.2, 0) is 6.42 Å². The van der Waals surface area contributed by atoms with Crippen molar-refractivity contribution in [3.63, 3.8) is 0 Å². The zero-order valence-electron chi connectivity index (χ0n) is 12.0. The fourth-order valence-corrected chi connectivity index (χ4v) is 3.47. The molecule has 1 aromatic carbocycles. The third-order valence-electron chi connectivity index (χ3n) is 4.49. The van der Waals surface area contributed by atoms with Gasteiger partial charge in [0.2, 0.25) is 0 Å². The van der Waals surface area contributed by atoms with Crippen molar-refractivity contribution >= 4 is 0 Å². The first-order valence-corrected chi connectivity index (χ1v) is 7.37. The molecule has 1 aliphatic carbocycles. The van der Waals surface area contributed by atoms with Crippen molar-refractivity contribution in [2.75, 3.05) is 27.2 Å². The molecule has 1 heterocycles. The molecule has 0 amide bonds. The average molecular weight is 260 g/mol. The largest absolute Gasteiger partial charge is 0.497 e. The van der Waals surface area contributed by atoms with E-state index in [0.29, 0.717) is 12.1 Å². The molecule has 19 heavy (non-hydrogen) atoms. The van der Waals surface area contributed by atoms with Gasteiger partial charge in [0.25, 0.3) is 0 Å². The maximum Gasteiger partial charge on any atom is 0.119 e. The number of methoxy groups -OCH3 is 1. The van der Waals surface area contributed by atoms with Crippen LogP contribution in [-0.4, -0.2) is 38.2 Å². The first-order valence-electron chi connectivity index (χ1n) is 7.37. The van der Waals surface area contributed by atoms with Crippen molar-refractivity contribution < 1.29 is 4.74 Å². The predicted molar refractivity (Wildman–Crippen MR) is 77.7 cm³/mol. The van der Waals surface area contributed by atoms with Gasteiger partial charge in [-0.1, -0.05) is 6.07 Å². The van der Waals surface area contributed by atoms with Gasteiger partial charge in [-0.3, -0.25) is 0 Å². The number of benzene rings is 1. The number of hydrogen-bond acceptors (Lipinski definition) is 3. The van der Waals surface area contributed by atoms with Crippen LogP contribution < -0.4 is 10.1 Å². The third-order valence-corrected chi connectivity index (χ3v) is 4.49. The van der Waals surface area contributed by atoms with Crippen molar-refractivity contribution in [3.8, 4) is 5.75 Å². The minimum absolute atomic E-state index is 0.515. The van der Waals surface area contributed by atoms with Gasteiger partial charge in [-0.05, 0) is 62.5 Å². The molecule has 2 unspecified atom stereocenters. The van der Waals surface area contributed by atoms with Gasteiger partial charge in [-0.25, -0.2) is 0 Å². The normalized spacial score (nSPS) is 27.3. The summed E-state index contributed by atoms with van der Waals surface area (Å²) in [5, 5.41) is 3.86. The molecule has 1 N–H and O–H groups in total. The summed E-state index contributed by atoms with van der Waals surface area (Å²) in [5.74, 6) is 0.980. The number of likely N-dealkylation sites (N-methyl/N-ethyl adjacent to an activating group) is 1. The van der Waals surface area contributed by atoms with Gasteiger partial charge in [0, 0.05) is 18.6 Å². The lowest BCUT2D eigenvalue weighted by Crippen LogP contribution is -2.44. The molecule has 1 aliphatic heterocycles. The van der Waals surface area contributed by atoms with E-state index in [-0.39, 0.29) is 0 Å². The van der Waals surface area contributed by atoms with Crippen LogP contribution >= 0.6 is 0 Å². The molecule has 2 aliphatic rings. The van der Waals surface area contributed by atoms with Crippen LogP contribution in [0.15, 0.2) is 18.2 Å². The summed E-state index contributed by atoms with van der Waals surface area (Å²) in [6, 6.07) is 7.67. The van der Waals surface area contributed by atoms with Gasteiger partial charge in [-0.15, -0.1) is 0 Å². The number of likely N-dealkylation sites (tertiary alicyclic amines) is 1. The fraction of sp³-hybridized carbons (Fsp3) is 0.625. The molecule has 2 atom stereocenters. The predicted octanol–water partition coefficient (Wildman–Crippen LogP) is 2.37. The van der Waals surface area contributed by atoms with Gasteiger partial charge in [-0.2, -0.15) is 0 Å². The van der Waals surface area contributed by atoms with Crippen LogP contribution in [0, 0.1) is 0 Å². The molecule has 1 aromatic rings. The summed E-state index contributed by atoms with van der Waals surface area (Å²) < 4.78 is 5.36. The average Bonchev–Trinajstić information content (AvgIpc) is 2.81. The lowest BCUT2D eigenvalue weighted by atomic mass is 10.0. The SMILES string of the molecule is COc1ccc2c(c1)C(NC1CCCN(C)C1)CC2. The maximum atomic E-state index is 5.36. The second-order valence-corrected chi connectivity index (χ2v) is 5.92. The molecule has 3 rings (SSSR count). The number of piperidine rings is 1. The number of fused-ring (bicyclic) bond motifs is 1. The van der Waals surface area contributed by atoms with Crippen molar-refractivity contribution in [2.24, 2.45) is 0 Å². The number of hydrogen-bond donors (Lipinski definition) is 1. The standard InChI is InChI=1S/C16H24N2O/c1-18-9-3-4-13(11-18)17-16-8-6-12-5-7-14(19-2)10-15(12)16/h5,7,10,13,16-17H,3-4,6,8-9,11H2,1-2H3. The van der Waals surface area contributed by atoms with E-state index < -0.39 is 0 Å². The van der Waals surface area contributed by atoms with E-state index in [2.05, 4.69) is 35.5 Å². The lowest BCUT2D eigenvalue weighted by Gasteiger charge is -2.32. The highest BCUT2D eigenvalue weighted by Crippen LogP contribution is 2.34. The molecular formula is C16H24N2O. The Labute approximate surface area is 115 Å². The summed E-state index contributed by atoms with van der Waals surface area (Å²) in [6.45, 7) is 2.42. The number of aryl methyl sites for hydroxylation is 1. The Balaban J connectivity index is 1.71. The Hall–Kier alpha value is -1.06. The quantitative estimate of drug-likeness (QED) is 0.903. The monoisotopic (exact) mass is 260 g/mol. The van der Waals surface area contributed by atoms with Gasteiger partial charge in [0.05, 0.1) is 7.11 Å². The van der Waals surface area contributed by atoms with Gasteiger partial charge >= 0.3 is 0 Å². The molecule has 104 valence electrons. The Morgan fingerprint density at radius 3 is 3.00 bits per heavy atom. The van der Waals surface area contributed by atoms with Crippen LogP contribution in [0.3, 0.4) is 0 Å². The van der Waals surface area contributed by atoms with E-state index >= 15 is 0 Å². The molecule has 0 spiro atoms. The summed E-state index contributed by atoms with van der Waals surface area (Å²) in [4.78, 5) is 2.43. The summed E-state index contributed by atoms with van der Waals surface area (Å²) in [7, 11) is 3.97. The molecule has 3 heteroatoms. The van der Waals surface area contributed by atoms with Crippen LogP contribution in [0.2, 0.25) is 0 Å². The molecule has 0 saturated carbocycles. The highest BCUT2D eigenvalue weighted by Gasteiger charge is 2.26. The number of nitrogens with one attached hydrogen (secondary N) is 1. The molecule has 3 nitrogen and oxygen atoms in total. The van der Waals surface area contributed by atoms with E-state index in [1.54, 1.807) is 7.11 Å². The summed E-state index contributed by atoms with van der Waals surface area (Å²) in [5.41, 5.74) is 2.94. The molecule has 0 bridgehead atoms. The zero-order chi connectivity index (χ0) is 13.2. The maximum absolute atomic E-state index is 5.36. The fourth-order valence-electron chi connectivity index (χ4n) is 3.47. The highest BCUT2D eigenvalue weighted by molar-refractivity contribution is 5.40.